The molecule has 1 aromatic rings. The van der Waals surface area contributed by atoms with Gasteiger partial charge < -0.3 is 14.8 Å². The Bertz CT molecular complexity index is 656. The van der Waals surface area contributed by atoms with Crippen LogP contribution in [-0.4, -0.2) is 55.3 Å². The van der Waals surface area contributed by atoms with Gasteiger partial charge in [-0.1, -0.05) is 19.3 Å². The second kappa shape index (κ2) is 9.20. The van der Waals surface area contributed by atoms with Crippen molar-refractivity contribution in [3.05, 3.63) is 29.8 Å². The van der Waals surface area contributed by atoms with E-state index in [2.05, 4.69) is 16.3 Å². The summed E-state index contributed by atoms with van der Waals surface area (Å²) < 4.78 is 11.3. The summed E-state index contributed by atoms with van der Waals surface area (Å²) in [5.74, 6) is 0.495. The molecule has 0 aromatic heterocycles. The van der Waals surface area contributed by atoms with Crippen LogP contribution in [0.4, 0.5) is 0 Å². The summed E-state index contributed by atoms with van der Waals surface area (Å²) in [7, 11) is 0. The van der Waals surface area contributed by atoms with E-state index in [4.69, 9.17) is 14.7 Å². The number of nitriles is 1. The number of benzene rings is 1. The highest BCUT2D eigenvalue weighted by molar-refractivity contribution is 5.80. The third-order valence-corrected chi connectivity index (χ3v) is 5.72. The highest BCUT2D eigenvalue weighted by Crippen LogP contribution is 2.33. The van der Waals surface area contributed by atoms with Crippen molar-refractivity contribution < 1.29 is 14.3 Å². The molecule has 1 saturated carbocycles. The van der Waals surface area contributed by atoms with Gasteiger partial charge in [0.15, 0.2) is 6.10 Å². The topological polar surface area (TPSA) is 74.6 Å². The van der Waals surface area contributed by atoms with Gasteiger partial charge in [0.2, 0.25) is 0 Å². The molecular weight excluding hydrogens is 342 g/mol. The SMILES string of the molecule is CC(Oc1ccc(C#N)cc1)C(=O)NCC1(N2CCOCC2)CCCCC1. The Labute approximate surface area is 161 Å². The number of carbonyl (C=O) groups excluding carboxylic acids is 1. The zero-order valence-corrected chi connectivity index (χ0v) is 16.1. The zero-order valence-electron chi connectivity index (χ0n) is 16.1. The van der Waals surface area contributed by atoms with Crippen molar-refractivity contribution >= 4 is 5.91 Å². The van der Waals surface area contributed by atoms with Crippen LogP contribution in [-0.2, 0) is 9.53 Å². The van der Waals surface area contributed by atoms with E-state index in [0.29, 0.717) is 17.9 Å². The average Bonchev–Trinajstić information content (AvgIpc) is 2.74. The Hall–Kier alpha value is -2.10. The summed E-state index contributed by atoms with van der Waals surface area (Å²) in [6.45, 7) is 5.84. The van der Waals surface area contributed by atoms with Gasteiger partial charge in [-0.2, -0.15) is 5.26 Å². The van der Waals surface area contributed by atoms with E-state index >= 15 is 0 Å². The van der Waals surface area contributed by atoms with Crippen molar-refractivity contribution in [3.8, 4) is 11.8 Å². The van der Waals surface area contributed by atoms with Crippen molar-refractivity contribution in [3.63, 3.8) is 0 Å². The normalized spacial score (nSPS) is 21.0. The van der Waals surface area contributed by atoms with E-state index in [9.17, 15) is 4.79 Å². The van der Waals surface area contributed by atoms with Gasteiger partial charge in [-0.05, 0) is 44.0 Å². The summed E-state index contributed by atoms with van der Waals surface area (Å²) in [6.07, 6.45) is 5.37. The Balaban J connectivity index is 1.57. The molecule has 1 aliphatic heterocycles. The number of carbonyl (C=O) groups is 1. The predicted molar refractivity (Wildman–Crippen MR) is 102 cm³/mol. The summed E-state index contributed by atoms with van der Waals surface area (Å²) in [4.78, 5) is 15.1. The minimum absolute atomic E-state index is 0.0475. The number of amides is 1. The number of hydrogen-bond acceptors (Lipinski definition) is 5. The smallest absolute Gasteiger partial charge is 0.260 e. The molecule has 1 aliphatic carbocycles. The molecule has 0 bridgehead atoms. The van der Waals surface area contributed by atoms with Gasteiger partial charge in [-0.3, -0.25) is 9.69 Å². The van der Waals surface area contributed by atoms with Crippen LogP contribution in [0.2, 0.25) is 0 Å². The van der Waals surface area contributed by atoms with Crippen LogP contribution in [0.15, 0.2) is 24.3 Å². The number of hydrogen-bond donors (Lipinski definition) is 1. The van der Waals surface area contributed by atoms with Gasteiger partial charge in [0.1, 0.15) is 5.75 Å². The Morgan fingerprint density at radius 2 is 1.93 bits per heavy atom. The highest BCUT2D eigenvalue weighted by atomic mass is 16.5. The Kier molecular flexibility index (Phi) is 6.70. The molecule has 0 spiro atoms. The fourth-order valence-electron chi connectivity index (χ4n) is 4.11. The highest BCUT2D eigenvalue weighted by Gasteiger charge is 2.39. The number of nitrogens with zero attached hydrogens (tertiary/aromatic N) is 2. The molecular formula is C21H29N3O3. The molecule has 0 radical (unpaired) electrons. The lowest BCUT2D eigenvalue weighted by molar-refractivity contribution is -0.128. The minimum Gasteiger partial charge on any atom is -0.481 e. The zero-order chi connectivity index (χ0) is 19.1. The number of nitrogens with one attached hydrogen (secondary N) is 1. The molecule has 27 heavy (non-hydrogen) atoms. The molecule has 6 nitrogen and oxygen atoms in total. The van der Waals surface area contributed by atoms with E-state index < -0.39 is 6.10 Å². The van der Waals surface area contributed by atoms with Crippen molar-refractivity contribution in [2.75, 3.05) is 32.8 Å². The fourth-order valence-corrected chi connectivity index (χ4v) is 4.11. The van der Waals surface area contributed by atoms with E-state index in [-0.39, 0.29) is 11.4 Å². The lowest BCUT2D eigenvalue weighted by atomic mass is 9.79. The van der Waals surface area contributed by atoms with Gasteiger partial charge in [0.25, 0.3) is 5.91 Å². The van der Waals surface area contributed by atoms with Crippen LogP contribution >= 0.6 is 0 Å². The van der Waals surface area contributed by atoms with Crippen LogP contribution in [0.5, 0.6) is 5.75 Å². The van der Waals surface area contributed by atoms with Crippen LogP contribution < -0.4 is 10.1 Å². The largest absolute Gasteiger partial charge is 0.481 e. The first kappa shape index (κ1) is 19.7. The number of rotatable bonds is 6. The molecule has 1 atom stereocenters. The van der Waals surface area contributed by atoms with Crippen molar-refractivity contribution in [1.82, 2.24) is 10.2 Å². The van der Waals surface area contributed by atoms with Crippen molar-refractivity contribution in [2.24, 2.45) is 0 Å². The first-order valence-corrected chi connectivity index (χ1v) is 9.90. The maximum atomic E-state index is 12.6. The van der Waals surface area contributed by atoms with Gasteiger partial charge in [-0.25, -0.2) is 0 Å². The molecule has 1 aromatic carbocycles. The second-order valence-electron chi connectivity index (χ2n) is 7.50. The summed E-state index contributed by atoms with van der Waals surface area (Å²) in [5, 5.41) is 12.0. The molecule has 2 fully saturated rings. The standard InChI is InChI=1S/C21H29N3O3/c1-17(27-19-7-5-18(15-22)6-8-19)20(25)23-16-21(9-3-2-4-10-21)24-11-13-26-14-12-24/h5-8,17H,2-4,9-14,16H2,1H3,(H,23,25). The lowest BCUT2D eigenvalue weighted by Gasteiger charge is -2.48. The van der Waals surface area contributed by atoms with Gasteiger partial charge in [0.05, 0.1) is 24.8 Å². The summed E-state index contributed by atoms with van der Waals surface area (Å²) in [5.41, 5.74) is 0.621. The van der Waals surface area contributed by atoms with Crippen LogP contribution in [0, 0.1) is 11.3 Å². The van der Waals surface area contributed by atoms with Crippen LogP contribution in [0.3, 0.4) is 0 Å². The fraction of sp³-hybridized carbons (Fsp3) is 0.619. The molecule has 1 unspecified atom stereocenters. The first-order valence-electron chi connectivity index (χ1n) is 9.90. The lowest BCUT2D eigenvalue weighted by Crippen LogP contribution is -2.60. The first-order chi connectivity index (χ1) is 13.1. The van der Waals surface area contributed by atoms with Gasteiger partial charge >= 0.3 is 0 Å². The van der Waals surface area contributed by atoms with Crippen LogP contribution in [0.1, 0.15) is 44.6 Å². The van der Waals surface area contributed by atoms with Gasteiger partial charge in [0, 0.05) is 25.2 Å². The molecule has 1 heterocycles. The second-order valence-corrected chi connectivity index (χ2v) is 7.50. The van der Waals surface area contributed by atoms with E-state index in [1.54, 1.807) is 31.2 Å². The van der Waals surface area contributed by atoms with E-state index in [1.165, 1.54) is 19.3 Å². The van der Waals surface area contributed by atoms with E-state index in [1.807, 2.05) is 0 Å². The minimum atomic E-state index is -0.580. The van der Waals surface area contributed by atoms with Crippen LogP contribution in [0.25, 0.3) is 0 Å². The quantitative estimate of drug-likeness (QED) is 0.831. The van der Waals surface area contributed by atoms with E-state index in [0.717, 1.165) is 39.1 Å². The molecule has 146 valence electrons. The summed E-state index contributed by atoms with van der Waals surface area (Å²) in [6, 6.07) is 8.90. The van der Waals surface area contributed by atoms with Crippen molar-refractivity contribution in [1.29, 1.82) is 5.26 Å². The molecule has 2 aliphatic rings. The third kappa shape index (κ3) is 5.00. The predicted octanol–water partition coefficient (Wildman–Crippen LogP) is 2.48. The molecule has 1 N–H and O–H groups in total. The Morgan fingerprint density at radius 3 is 2.56 bits per heavy atom. The van der Waals surface area contributed by atoms with Crippen molar-refractivity contribution in [2.45, 2.75) is 50.7 Å². The third-order valence-electron chi connectivity index (χ3n) is 5.72. The number of morpholine rings is 1. The molecule has 6 heteroatoms. The summed E-state index contributed by atoms with van der Waals surface area (Å²) >= 11 is 0. The monoisotopic (exact) mass is 371 g/mol. The average molecular weight is 371 g/mol. The number of ether oxygens (including phenoxy) is 2. The molecule has 1 saturated heterocycles. The van der Waals surface area contributed by atoms with Gasteiger partial charge in [-0.15, -0.1) is 0 Å². The maximum absolute atomic E-state index is 12.6. The Morgan fingerprint density at radius 1 is 1.26 bits per heavy atom. The molecule has 1 amide bonds. The molecule has 3 rings (SSSR count). The maximum Gasteiger partial charge on any atom is 0.260 e.